The Balaban J connectivity index is 1.82. The van der Waals surface area contributed by atoms with E-state index in [9.17, 15) is 18.0 Å². The van der Waals surface area contributed by atoms with Gasteiger partial charge in [-0.15, -0.1) is 0 Å². The van der Waals surface area contributed by atoms with Crippen LogP contribution in [0.1, 0.15) is 41.7 Å². The second-order valence-corrected chi connectivity index (χ2v) is 13.8. The normalized spacial score (nSPS) is 12.0. The Labute approximate surface area is 268 Å². The Hall–Kier alpha value is -4.43. The summed E-state index contributed by atoms with van der Waals surface area (Å²) in [5.41, 5.74) is 4.81. The van der Waals surface area contributed by atoms with Crippen LogP contribution in [-0.4, -0.2) is 44.3 Å². The Morgan fingerprint density at radius 1 is 0.756 bits per heavy atom. The highest BCUT2D eigenvalue weighted by Gasteiger charge is 2.35. The second kappa shape index (κ2) is 15.0. The first-order valence-electron chi connectivity index (χ1n) is 15.3. The maximum atomic E-state index is 14.6. The third kappa shape index (κ3) is 8.82. The highest BCUT2D eigenvalue weighted by atomic mass is 32.2. The van der Waals surface area contributed by atoms with Gasteiger partial charge in [0.05, 0.1) is 10.6 Å². The first-order chi connectivity index (χ1) is 21.5. The van der Waals surface area contributed by atoms with Crippen LogP contribution in [0.4, 0.5) is 5.69 Å². The van der Waals surface area contributed by atoms with Gasteiger partial charge in [-0.05, 0) is 67.1 Å². The fourth-order valence-electron chi connectivity index (χ4n) is 5.09. The van der Waals surface area contributed by atoms with Gasteiger partial charge in [0.15, 0.2) is 0 Å². The molecular weight excluding hydrogens is 582 g/mol. The molecule has 0 aliphatic carbocycles. The second-order valence-electron chi connectivity index (χ2n) is 12.0. The zero-order chi connectivity index (χ0) is 32.6. The van der Waals surface area contributed by atoms with Crippen molar-refractivity contribution in [1.82, 2.24) is 10.2 Å². The third-order valence-electron chi connectivity index (χ3n) is 7.67. The summed E-state index contributed by atoms with van der Waals surface area (Å²) in [5.74, 6) is -0.544. The molecular formula is C37H43N3O4S. The van der Waals surface area contributed by atoms with E-state index in [1.54, 1.807) is 24.3 Å². The predicted octanol–water partition coefficient (Wildman–Crippen LogP) is 6.22. The van der Waals surface area contributed by atoms with Crippen LogP contribution in [-0.2, 0) is 32.6 Å². The van der Waals surface area contributed by atoms with E-state index in [-0.39, 0.29) is 29.7 Å². The number of carbonyl (C=O) groups excluding carboxylic acids is 2. The van der Waals surface area contributed by atoms with Gasteiger partial charge in [0.25, 0.3) is 10.0 Å². The Morgan fingerprint density at radius 3 is 1.98 bits per heavy atom. The van der Waals surface area contributed by atoms with Crippen molar-refractivity contribution in [2.45, 2.75) is 58.5 Å². The molecule has 1 atom stereocenters. The lowest BCUT2D eigenvalue weighted by Gasteiger charge is -2.34. The molecule has 0 fully saturated rings. The number of hydrogen-bond acceptors (Lipinski definition) is 4. The average Bonchev–Trinajstić information content (AvgIpc) is 3.03. The minimum atomic E-state index is -4.14. The van der Waals surface area contributed by atoms with Crippen LogP contribution >= 0.6 is 0 Å². The van der Waals surface area contributed by atoms with E-state index in [0.717, 1.165) is 22.3 Å². The highest BCUT2D eigenvalue weighted by molar-refractivity contribution is 7.92. The molecule has 7 nitrogen and oxygen atoms in total. The van der Waals surface area contributed by atoms with E-state index in [1.165, 1.54) is 21.3 Å². The molecule has 0 aromatic heterocycles. The van der Waals surface area contributed by atoms with E-state index in [0.29, 0.717) is 17.8 Å². The summed E-state index contributed by atoms with van der Waals surface area (Å²) < 4.78 is 29.6. The number of aryl methyl sites for hydroxylation is 3. The molecule has 0 spiro atoms. The lowest BCUT2D eigenvalue weighted by molar-refractivity contribution is -0.140. The van der Waals surface area contributed by atoms with Crippen LogP contribution in [0.2, 0.25) is 0 Å². The molecule has 236 valence electrons. The molecule has 0 unspecified atom stereocenters. The smallest absolute Gasteiger partial charge is 0.264 e. The molecule has 0 aliphatic heterocycles. The maximum absolute atomic E-state index is 14.6. The standard InChI is InChI=1S/C37H43N3O4S/c1-27(2)24-38-37(42)35(23-31-12-8-6-9-13-31)39(25-32-20-17-28(3)18-21-32)36(41)26-40(34-22-29(4)16-19-30(34)5)45(43,44)33-14-10-7-11-15-33/h6-22,27,35H,23-26H2,1-5H3,(H,38,42)/t35-/m1/s1. The number of benzene rings is 4. The first kappa shape index (κ1) is 33.5. The molecule has 0 bridgehead atoms. The summed E-state index contributed by atoms with van der Waals surface area (Å²) in [6.07, 6.45) is 0.275. The molecule has 0 saturated carbocycles. The Kier molecular flexibility index (Phi) is 11.2. The molecule has 8 heteroatoms. The number of rotatable bonds is 13. The largest absolute Gasteiger partial charge is 0.354 e. The molecule has 2 amide bonds. The summed E-state index contributed by atoms with van der Waals surface area (Å²) in [5, 5.41) is 3.03. The zero-order valence-electron chi connectivity index (χ0n) is 26.7. The molecule has 45 heavy (non-hydrogen) atoms. The van der Waals surface area contributed by atoms with Crippen molar-refractivity contribution < 1.29 is 18.0 Å². The van der Waals surface area contributed by atoms with Gasteiger partial charge in [0, 0.05) is 19.5 Å². The van der Waals surface area contributed by atoms with Crippen LogP contribution in [0.25, 0.3) is 0 Å². The number of anilines is 1. The molecule has 4 aromatic rings. The minimum Gasteiger partial charge on any atom is -0.354 e. The summed E-state index contributed by atoms with van der Waals surface area (Å²) in [4.78, 5) is 30.1. The van der Waals surface area contributed by atoms with Crippen LogP contribution in [0.5, 0.6) is 0 Å². The number of sulfonamides is 1. The number of carbonyl (C=O) groups is 2. The molecule has 1 N–H and O–H groups in total. The van der Waals surface area contributed by atoms with Gasteiger partial charge >= 0.3 is 0 Å². The van der Waals surface area contributed by atoms with Crippen molar-refractivity contribution >= 4 is 27.5 Å². The van der Waals surface area contributed by atoms with Gasteiger partial charge in [-0.3, -0.25) is 13.9 Å². The lowest BCUT2D eigenvalue weighted by atomic mass is 10.0. The van der Waals surface area contributed by atoms with Crippen molar-refractivity contribution in [2.75, 3.05) is 17.4 Å². The number of hydrogen-bond donors (Lipinski definition) is 1. The highest BCUT2D eigenvalue weighted by Crippen LogP contribution is 2.29. The topological polar surface area (TPSA) is 86.8 Å². The lowest BCUT2D eigenvalue weighted by Crippen LogP contribution is -2.53. The Morgan fingerprint density at radius 2 is 1.36 bits per heavy atom. The van der Waals surface area contributed by atoms with Crippen LogP contribution in [0.15, 0.2) is 108 Å². The quantitative estimate of drug-likeness (QED) is 0.191. The fourth-order valence-corrected chi connectivity index (χ4v) is 6.58. The van der Waals surface area contributed by atoms with E-state index in [1.807, 2.05) is 101 Å². The van der Waals surface area contributed by atoms with Crippen molar-refractivity contribution in [3.05, 3.63) is 131 Å². The molecule has 0 saturated heterocycles. The first-order valence-corrected chi connectivity index (χ1v) is 16.7. The molecule has 0 heterocycles. The number of nitrogens with zero attached hydrogens (tertiary/aromatic N) is 2. The van der Waals surface area contributed by atoms with Crippen molar-refractivity contribution in [2.24, 2.45) is 5.92 Å². The molecule has 4 aromatic carbocycles. The SMILES string of the molecule is Cc1ccc(CN(C(=O)CN(c2cc(C)ccc2C)S(=O)(=O)c2ccccc2)[C@H](Cc2ccccc2)C(=O)NCC(C)C)cc1. The maximum Gasteiger partial charge on any atom is 0.264 e. The van der Waals surface area contributed by atoms with Gasteiger partial charge in [0.1, 0.15) is 12.6 Å². The Bertz CT molecular complexity index is 1690. The predicted molar refractivity (Wildman–Crippen MR) is 180 cm³/mol. The fraction of sp³-hybridized carbons (Fsp3) is 0.297. The third-order valence-corrected chi connectivity index (χ3v) is 9.45. The van der Waals surface area contributed by atoms with Gasteiger partial charge in [-0.25, -0.2) is 8.42 Å². The van der Waals surface area contributed by atoms with E-state index < -0.39 is 28.5 Å². The van der Waals surface area contributed by atoms with Gasteiger partial charge in [0.2, 0.25) is 11.8 Å². The molecule has 4 rings (SSSR count). The van der Waals surface area contributed by atoms with Crippen LogP contribution in [0, 0.1) is 26.7 Å². The zero-order valence-corrected chi connectivity index (χ0v) is 27.6. The minimum absolute atomic E-state index is 0.0827. The van der Waals surface area contributed by atoms with Crippen molar-refractivity contribution in [3.63, 3.8) is 0 Å². The summed E-state index contributed by atoms with van der Waals surface area (Å²) in [6, 6.07) is 30.2. The summed E-state index contributed by atoms with van der Waals surface area (Å²) in [6.45, 7) is 9.84. The summed E-state index contributed by atoms with van der Waals surface area (Å²) in [7, 11) is -4.14. The van der Waals surface area contributed by atoms with E-state index >= 15 is 0 Å². The van der Waals surface area contributed by atoms with Crippen LogP contribution < -0.4 is 9.62 Å². The summed E-state index contributed by atoms with van der Waals surface area (Å²) >= 11 is 0. The van der Waals surface area contributed by atoms with E-state index in [2.05, 4.69) is 5.32 Å². The van der Waals surface area contributed by atoms with Crippen molar-refractivity contribution in [3.8, 4) is 0 Å². The van der Waals surface area contributed by atoms with Gasteiger partial charge in [-0.1, -0.05) is 104 Å². The molecule has 0 aliphatic rings. The number of amides is 2. The number of nitrogens with one attached hydrogen (secondary N) is 1. The van der Waals surface area contributed by atoms with Crippen molar-refractivity contribution in [1.29, 1.82) is 0 Å². The van der Waals surface area contributed by atoms with Crippen LogP contribution in [0.3, 0.4) is 0 Å². The van der Waals surface area contributed by atoms with Gasteiger partial charge < -0.3 is 10.2 Å². The monoisotopic (exact) mass is 625 g/mol. The van der Waals surface area contributed by atoms with E-state index in [4.69, 9.17) is 0 Å². The molecule has 0 radical (unpaired) electrons. The average molecular weight is 626 g/mol. The van der Waals surface area contributed by atoms with Gasteiger partial charge in [-0.2, -0.15) is 0 Å².